The van der Waals surface area contributed by atoms with Gasteiger partial charge in [-0.05, 0) is 6.42 Å². The van der Waals surface area contributed by atoms with Crippen LogP contribution < -0.4 is 0 Å². The highest BCUT2D eigenvalue weighted by Crippen LogP contribution is 2.06. The molecule has 0 aliphatic rings. The first-order chi connectivity index (χ1) is 9.07. The molecule has 0 aliphatic carbocycles. The van der Waals surface area contributed by atoms with E-state index in [9.17, 15) is 17.8 Å². The summed E-state index contributed by atoms with van der Waals surface area (Å²) in [6.45, 7) is 5.54. The average molecular weight is 309 g/mol. The van der Waals surface area contributed by atoms with Crippen molar-refractivity contribution in [1.29, 1.82) is 0 Å². The van der Waals surface area contributed by atoms with Crippen LogP contribution in [0.25, 0.3) is 0 Å². The number of carbonyl (C=O) groups excluding carboxylic acids is 1. The van der Waals surface area contributed by atoms with Crippen LogP contribution in [0.15, 0.2) is 0 Å². The Morgan fingerprint density at radius 1 is 1.25 bits per heavy atom. The molecule has 0 heterocycles. The monoisotopic (exact) mass is 309 g/mol. The summed E-state index contributed by atoms with van der Waals surface area (Å²) < 4.78 is 37.3. The largest absolute Gasteiger partial charge is 0.748 e. The molecule has 0 amide bonds. The lowest BCUT2D eigenvalue weighted by Gasteiger charge is -2.30. The predicted molar refractivity (Wildman–Crippen MR) is 76.1 cm³/mol. The summed E-state index contributed by atoms with van der Waals surface area (Å²) in [7, 11) is -0.192. The first kappa shape index (κ1) is 19.3. The standard InChI is InChI=1S/C13H27NO5S/c1-5-12(2)13(15)19-10-6-8-14(3,4)9-7-11-20(16,17)18/h12H,5-11H2,1-4H3. The predicted octanol–water partition coefficient (Wildman–Crippen LogP) is 0.978. The Morgan fingerprint density at radius 2 is 1.80 bits per heavy atom. The summed E-state index contributed by atoms with van der Waals surface area (Å²) in [4.78, 5) is 11.5. The fourth-order valence-corrected chi connectivity index (χ4v) is 2.24. The number of hydrogen-bond acceptors (Lipinski definition) is 5. The lowest BCUT2D eigenvalue weighted by atomic mass is 10.1. The number of quaternary nitrogens is 1. The third-order valence-electron chi connectivity index (χ3n) is 3.32. The number of hydrogen-bond donors (Lipinski definition) is 0. The minimum Gasteiger partial charge on any atom is -0.748 e. The van der Waals surface area contributed by atoms with Crippen LogP contribution in [0.4, 0.5) is 0 Å². The minimum absolute atomic E-state index is 0.0697. The second-order valence-electron chi connectivity index (χ2n) is 5.83. The van der Waals surface area contributed by atoms with Crippen molar-refractivity contribution in [3.63, 3.8) is 0 Å². The summed E-state index contributed by atoms with van der Waals surface area (Å²) in [5.74, 6) is -0.562. The molecule has 20 heavy (non-hydrogen) atoms. The van der Waals surface area contributed by atoms with Gasteiger partial charge < -0.3 is 13.8 Å². The second kappa shape index (κ2) is 8.59. The van der Waals surface area contributed by atoms with E-state index in [1.54, 1.807) is 0 Å². The molecule has 1 unspecified atom stereocenters. The van der Waals surface area contributed by atoms with Gasteiger partial charge in [0.05, 0.1) is 49.8 Å². The average Bonchev–Trinajstić information content (AvgIpc) is 2.31. The van der Waals surface area contributed by atoms with Gasteiger partial charge in [-0.15, -0.1) is 0 Å². The lowest BCUT2D eigenvalue weighted by Crippen LogP contribution is -2.42. The zero-order chi connectivity index (χ0) is 15.8. The van der Waals surface area contributed by atoms with Gasteiger partial charge in [-0.25, -0.2) is 8.42 Å². The van der Waals surface area contributed by atoms with Crippen molar-refractivity contribution in [2.24, 2.45) is 5.92 Å². The summed E-state index contributed by atoms with van der Waals surface area (Å²) in [5, 5.41) is 0. The van der Waals surface area contributed by atoms with Crippen LogP contribution in [-0.4, -0.2) is 63.0 Å². The summed E-state index contributed by atoms with van der Waals surface area (Å²) in [6, 6.07) is 0. The van der Waals surface area contributed by atoms with Crippen LogP contribution in [0.2, 0.25) is 0 Å². The molecule has 0 bridgehead atoms. The van der Waals surface area contributed by atoms with E-state index in [0.717, 1.165) is 19.4 Å². The van der Waals surface area contributed by atoms with Gasteiger partial charge in [-0.3, -0.25) is 4.79 Å². The molecule has 1 atom stereocenters. The summed E-state index contributed by atoms with van der Waals surface area (Å²) >= 11 is 0. The molecule has 7 heteroatoms. The van der Waals surface area contributed by atoms with E-state index in [2.05, 4.69) is 0 Å². The molecule has 0 spiro atoms. The normalized spacial score (nSPS) is 14.1. The van der Waals surface area contributed by atoms with Gasteiger partial charge >= 0.3 is 5.97 Å². The van der Waals surface area contributed by atoms with E-state index in [4.69, 9.17) is 4.74 Å². The van der Waals surface area contributed by atoms with Gasteiger partial charge in [0.25, 0.3) is 0 Å². The maximum absolute atomic E-state index is 11.5. The van der Waals surface area contributed by atoms with Crippen LogP contribution in [-0.2, 0) is 19.6 Å². The molecule has 0 aromatic carbocycles. The Bertz CT molecular complexity index is 392. The molecule has 0 N–H and O–H groups in total. The van der Waals surface area contributed by atoms with E-state index < -0.39 is 10.1 Å². The SMILES string of the molecule is CCC(C)C(=O)OCCC[N+](C)(C)CCCS(=O)(=O)[O-]. The molecule has 0 saturated carbocycles. The van der Waals surface area contributed by atoms with Crippen molar-refractivity contribution in [3.05, 3.63) is 0 Å². The van der Waals surface area contributed by atoms with Crippen molar-refractivity contribution in [1.82, 2.24) is 0 Å². The topological polar surface area (TPSA) is 83.5 Å². The van der Waals surface area contributed by atoms with Crippen molar-refractivity contribution < 1.29 is 27.0 Å². The highest BCUT2D eigenvalue weighted by molar-refractivity contribution is 7.85. The fourth-order valence-electron chi connectivity index (χ4n) is 1.76. The van der Waals surface area contributed by atoms with Gasteiger partial charge in [0, 0.05) is 18.6 Å². The van der Waals surface area contributed by atoms with Gasteiger partial charge in [0.1, 0.15) is 0 Å². The van der Waals surface area contributed by atoms with Crippen molar-refractivity contribution in [3.8, 4) is 0 Å². The zero-order valence-electron chi connectivity index (χ0n) is 12.9. The van der Waals surface area contributed by atoms with E-state index >= 15 is 0 Å². The Labute approximate surface area is 122 Å². The number of carbonyl (C=O) groups is 1. The van der Waals surface area contributed by atoms with Crippen molar-refractivity contribution in [2.45, 2.75) is 33.1 Å². The van der Waals surface area contributed by atoms with E-state index in [1.807, 2.05) is 27.9 Å². The van der Waals surface area contributed by atoms with Gasteiger partial charge in [-0.2, -0.15) is 0 Å². The van der Waals surface area contributed by atoms with Gasteiger partial charge in [0.2, 0.25) is 0 Å². The van der Waals surface area contributed by atoms with Crippen LogP contribution >= 0.6 is 0 Å². The quantitative estimate of drug-likeness (QED) is 0.260. The number of esters is 1. The van der Waals surface area contributed by atoms with Gasteiger partial charge in [0.15, 0.2) is 0 Å². The zero-order valence-corrected chi connectivity index (χ0v) is 13.7. The Morgan fingerprint density at radius 3 is 2.30 bits per heavy atom. The molecule has 0 rings (SSSR count). The smallest absolute Gasteiger partial charge is 0.308 e. The molecule has 0 radical (unpaired) electrons. The van der Waals surface area contributed by atoms with E-state index in [1.165, 1.54) is 0 Å². The first-order valence-electron chi connectivity index (χ1n) is 6.99. The molecule has 0 aliphatic heterocycles. The van der Waals surface area contributed by atoms with E-state index in [-0.39, 0.29) is 17.6 Å². The highest BCUT2D eigenvalue weighted by Gasteiger charge is 2.16. The molecular weight excluding hydrogens is 282 g/mol. The Balaban J connectivity index is 3.85. The maximum Gasteiger partial charge on any atom is 0.308 e. The molecule has 0 saturated heterocycles. The highest BCUT2D eigenvalue weighted by atomic mass is 32.2. The Hall–Kier alpha value is -0.660. The first-order valence-corrected chi connectivity index (χ1v) is 8.57. The summed E-state index contributed by atoms with van der Waals surface area (Å²) in [6.07, 6.45) is 1.84. The van der Waals surface area contributed by atoms with Gasteiger partial charge in [-0.1, -0.05) is 13.8 Å². The molecule has 0 aromatic heterocycles. The third-order valence-corrected chi connectivity index (χ3v) is 4.11. The lowest BCUT2D eigenvalue weighted by molar-refractivity contribution is -0.890. The number of ether oxygens (including phenoxy) is 1. The van der Waals surface area contributed by atoms with Crippen molar-refractivity contribution in [2.75, 3.05) is 39.5 Å². The summed E-state index contributed by atoms with van der Waals surface area (Å²) in [5.41, 5.74) is 0. The van der Waals surface area contributed by atoms with Crippen LogP contribution in [0, 0.1) is 5.92 Å². The maximum atomic E-state index is 11.5. The van der Waals surface area contributed by atoms with Crippen molar-refractivity contribution >= 4 is 16.1 Å². The minimum atomic E-state index is -4.12. The molecule has 120 valence electrons. The van der Waals surface area contributed by atoms with Crippen LogP contribution in [0.1, 0.15) is 33.1 Å². The molecule has 0 aromatic rings. The molecular formula is C13H27NO5S. The molecule has 6 nitrogen and oxygen atoms in total. The molecule has 0 fully saturated rings. The van der Waals surface area contributed by atoms with Crippen LogP contribution in [0.5, 0.6) is 0 Å². The number of rotatable bonds is 10. The van der Waals surface area contributed by atoms with E-state index in [0.29, 0.717) is 24.1 Å². The second-order valence-corrected chi connectivity index (χ2v) is 7.35. The van der Waals surface area contributed by atoms with Crippen LogP contribution in [0.3, 0.4) is 0 Å². The fraction of sp³-hybridized carbons (Fsp3) is 0.923. The third kappa shape index (κ3) is 10.2. The Kier molecular flexibility index (Phi) is 8.30. The number of nitrogens with zero attached hydrogens (tertiary/aromatic N) is 1.